The third-order valence-electron chi connectivity index (χ3n) is 1.34. The monoisotopic (exact) mass is 106 g/mol. The number of hydrogen-bond acceptors (Lipinski definition) is 2. The molecule has 1 saturated heterocycles. The molecule has 0 bridgehead atoms. The molecule has 1 heterocycles. The van der Waals surface area contributed by atoms with Gasteiger partial charge in [0.1, 0.15) is 0 Å². The Bertz CT molecular complexity index is 48.0. The first kappa shape index (κ1) is 5.06. The second-order valence-electron chi connectivity index (χ2n) is 2.05. The van der Waals surface area contributed by atoms with E-state index < -0.39 is 0 Å². The summed E-state index contributed by atoms with van der Waals surface area (Å²) in [5, 5.41) is 3.27. The lowest BCUT2D eigenvalue weighted by Gasteiger charge is -2.21. The van der Waals surface area contributed by atoms with Crippen molar-refractivity contribution in [1.82, 2.24) is 10.2 Å². The van der Waals surface area contributed by atoms with Gasteiger partial charge in [-0.2, -0.15) is 0 Å². The molecule has 0 aromatic rings. The Morgan fingerprint density at radius 2 is 1.86 bits per heavy atom. The third-order valence-corrected chi connectivity index (χ3v) is 1.34. The highest BCUT2D eigenvalue weighted by Crippen LogP contribution is 1.82. The third kappa shape index (κ3) is 1.45. The molecule has 0 spiro atoms. The van der Waals surface area contributed by atoms with E-state index >= 15 is 0 Å². The van der Waals surface area contributed by atoms with Gasteiger partial charge in [-0.15, -0.1) is 0 Å². The fourth-order valence-corrected chi connectivity index (χ4v) is 0.777. The van der Waals surface area contributed by atoms with E-state index in [4.69, 9.17) is 0 Å². The quantitative estimate of drug-likeness (QED) is 0.331. The summed E-state index contributed by atoms with van der Waals surface area (Å²) in [4.78, 5) is 2.33. The molecule has 0 saturated carbocycles. The molecule has 0 atom stereocenters. The minimum atomic E-state index is 1.16. The molecule has 7 heavy (non-hydrogen) atoms. The molecule has 0 amide bonds. The molecule has 1 fully saturated rings. The van der Waals surface area contributed by atoms with Gasteiger partial charge in [0.05, 0.1) is 0 Å². The summed E-state index contributed by atoms with van der Waals surface area (Å²) in [7, 11) is 2.15. The van der Waals surface area contributed by atoms with Crippen molar-refractivity contribution in [2.75, 3.05) is 33.2 Å². The summed E-state index contributed by atoms with van der Waals surface area (Å²) in [6, 6.07) is 0. The van der Waals surface area contributed by atoms with E-state index in [1.807, 2.05) is 0 Å². The van der Waals surface area contributed by atoms with Crippen LogP contribution in [0.15, 0.2) is 0 Å². The number of nitrogens with one attached hydrogen (secondary N) is 1. The molecule has 0 radical (unpaired) electrons. The first-order valence-corrected chi connectivity index (χ1v) is 2.79. The van der Waals surface area contributed by atoms with Crippen molar-refractivity contribution in [2.24, 2.45) is 0 Å². The van der Waals surface area contributed by atoms with Gasteiger partial charge in [0, 0.05) is 26.2 Å². The van der Waals surface area contributed by atoms with Crippen LogP contribution in [0.3, 0.4) is 0 Å². The fourth-order valence-electron chi connectivity index (χ4n) is 0.777. The number of nitrogens with zero attached hydrogens (tertiary/aromatic N) is 1. The van der Waals surface area contributed by atoms with Crippen LogP contribution in [0, 0.1) is 0 Å². The van der Waals surface area contributed by atoms with Crippen LogP contribution in [0.4, 0.5) is 0 Å². The van der Waals surface area contributed by atoms with Crippen LogP contribution >= 0.6 is 0 Å². The lowest BCUT2D eigenvalue weighted by molar-refractivity contribution is 0.291. The normalized spacial score (nSPS) is 25.3. The zero-order chi connectivity index (χ0) is 5.11. The topological polar surface area (TPSA) is 15.3 Å². The van der Waals surface area contributed by atoms with E-state index in [0.717, 1.165) is 13.1 Å². The lowest BCUT2D eigenvalue weighted by atomic mass is 11.3. The number of likely N-dealkylation sites (N-methyl/N-ethyl adjacent to an activating group) is 1. The van der Waals surface area contributed by atoms with Crippen LogP contribution in [-0.4, -0.2) is 38.1 Å². The van der Waals surface area contributed by atoms with Gasteiger partial charge in [0.25, 0.3) is 0 Å². The predicted molar refractivity (Wildman–Crippen MR) is 30.4 cm³/mol. The number of hydrogen-bond donors (Lipinski definition) is 1. The summed E-state index contributed by atoms with van der Waals surface area (Å²) in [6.07, 6.45) is 0. The number of piperazine rings is 1. The Labute approximate surface area is 44.5 Å². The highest BCUT2D eigenvalue weighted by molar-refractivity contribution is 4.62. The van der Waals surface area contributed by atoms with Crippen LogP contribution in [0.2, 0.25) is 0 Å². The van der Waals surface area contributed by atoms with Gasteiger partial charge in [-0.1, -0.05) is 0 Å². The van der Waals surface area contributed by atoms with E-state index in [1.165, 1.54) is 13.1 Å². The highest BCUT2D eigenvalue weighted by Gasteiger charge is 2.01. The van der Waals surface area contributed by atoms with Gasteiger partial charge >= 0.3 is 0 Å². The maximum absolute atomic E-state index is 3.27. The second-order valence-corrected chi connectivity index (χ2v) is 2.05. The van der Waals surface area contributed by atoms with Gasteiger partial charge in [-0.3, -0.25) is 0 Å². The Balaban J connectivity index is 2.12. The van der Waals surface area contributed by atoms with E-state index in [9.17, 15) is 0 Å². The van der Waals surface area contributed by atoms with Crippen molar-refractivity contribution in [1.29, 1.82) is 0 Å². The summed E-state index contributed by atoms with van der Waals surface area (Å²) in [5.41, 5.74) is 0. The van der Waals surface area contributed by atoms with Crippen molar-refractivity contribution in [2.45, 2.75) is 0 Å². The Hall–Kier alpha value is -0.0800. The standard InChI is InChI=1S/C5H12N2/c1-7-4-2-6-3-5-7/h6H,2-5H2,1H3/i2+1,3+1,4+1,5+1,6+1,7+1. The molecular weight excluding hydrogens is 94.0 g/mol. The van der Waals surface area contributed by atoms with E-state index in [-0.39, 0.29) is 0 Å². The summed E-state index contributed by atoms with van der Waals surface area (Å²) >= 11 is 0. The van der Waals surface area contributed by atoms with Crippen LogP contribution in [-0.2, 0) is 0 Å². The molecule has 1 aliphatic rings. The lowest BCUT2D eigenvalue weighted by Crippen LogP contribution is -2.40. The van der Waals surface area contributed by atoms with E-state index in [2.05, 4.69) is 17.3 Å². The summed E-state index contributed by atoms with van der Waals surface area (Å²) in [6.45, 7) is 4.74. The van der Waals surface area contributed by atoms with Crippen LogP contribution in [0.1, 0.15) is 0 Å². The SMILES string of the molecule is C[15N]1[13CH2][13CH2][15NH][13CH2][13CH2]1. The zero-order valence-electron chi connectivity index (χ0n) is 4.78. The van der Waals surface area contributed by atoms with Crippen molar-refractivity contribution >= 4 is 0 Å². The molecule has 0 aliphatic carbocycles. The van der Waals surface area contributed by atoms with Crippen molar-refractivity contribution in [3.63, 3.8) is 0 Å². The highest BCUT2D eigenvalue weighted by atomic mass is 16.1. The minimum absolute atomic E-state index is 1.16. The molecule has 1 aliphatic heterocycles. The smallest absolute Gasteiger partial charge is 0.0104 e. The van der Waals surface area contributed by atoms with Crippen molar-refractivity contribution in [3.8, 4) is 0 Å². The molecule has 0 unspecified atom stereocenters. The molecule has 2 heteroatoms. The Morgan fingerprint density at radius 3 is 2.14 bits per heavy atom. The van der Waals surface area contributed by atoms with Crippen molar-refractivity contribution < 1.29 is 0 Å². The Kier molecular flexibility index (Phi) is 1.65. The zero-order valence-corrected chi connectivity index (χ0v) is 4.78. The summed E-state index contributed by atoms with van der Waals surface area (Å²) in [5.74, 6) is 0. The fraction of sp³-hybridized carbons (Fsp3) is 1.00. The van der Waals surface area contributed by atoms with Gasteiger partial charge in [-0.25, -0.2) is 0 Å². The van der Waals surface area contributed by atoms with Crippen LogP contribution in [0.5, 0.6) is 0 Å². The molecular formula is C5H12N2. The van der Waals surface area contributed by atoms with Crippen LogP contribution < -0.4 is 5.32 Å². The summed E-state index contributed by atoms with van der Waals surface area (Å²) < 4.78 is 0. The van der Waals surface area contributed by atoms with Gasteiger partial charge in [-0.05, 0) is 7.05 Å². The maximum atomic E-state index is 3.27. The van der Waals surface area contributed by atoms with Gasteiger partial charge in [0.2, 0.25) is 0 Å². The largest absolute Gasteiger partial charge is 0.314 e. The molecule has 0 aromatic carbocycles. The molecule has 1 rings (SSSR count). The first-order chi connectivity index (χ1) is 3.39. The first-order valence-electron chi connectivity index (χ1n) is 2.79. The molecule has 2 nitrogen and oxygen atoms in total. The van der Waals surface area contributed by atoms with E-state index in [1.54, 1.807) is 0 Å². The second kappa shape index (κ2) is 2.28. The molecule has 42 valence electrons. The van der Waals surface area contributed by atoms with Gasteiger partial charge < -0.3 is 10.2 Å². The number of rotatable bonds is 0. The molecule has 1 N–H and O–H groups in total. The van der Waals surface area contributed by atoms with Crippen molar-refractivity contribution in [3.05, 3.63) is 0 Å². The van der Waals surface area contributed by atoms with E-state index in [0.29, 0.717) is 0 Å². The van der Waals surface area contributed by atoms with Crippen LogP contribution in [0.25, 0.3) is 0 Å². The average Bonchev–Trinajstić information content (AvgIpc) is 1.69. The molecule has 0 aromatic heterocycles. The minimum Gasteiger partial charge on any atom is -0.314 e. The predicted octanol–water partition coefficient (Wildman–Crippen LogP) is -0.479. The average molecular weight is 106 g/mol. The van der Waals surface area contributed by atoms with Gasteiger partial charge in [0.15, 0.2) is 0 Å². The maximum Gasteiger partial charge on any atom is 0.0104 e. The Morgan fingerprint density at radius 1 is 1.29 bits per heavy atom.